The molecule has 2 heterocycles. The largest absolute Gasteiger partial charge is 0.484 e. The molecule has 0 aliphatic carbocycles. The molecule has 1 aromatic heterocycles. The smallest absolute Gasteiger partial charge is 0.272 e. The van der Waals surface area contributed by atoms with E-state index in [-0.39, 0.29) is 35.1 Å². The minimum atomic E-state index is -0.612. The number of nitrogens with one attached hydrogen (secondary N) is 2. The molecule has 0 unspecified atom stereocenters. The first kappa shape index (κ1) is 22.7. The van der Waals surface area contributed by atoms with E-state index < -0.39 is 5.82 Å². The van der Waals surface area contributed by atoms with Gasteiger partial charge in [-0.15, -0.1) is 0 Å². The monoisotopic (exact) mass is 496 g/mol. The Morgan fingerprint density at radius 2 is 1.97 bits per heavy atom. The Morgan fingerprint density at radius 3 is 2.72 bits per heavy atom. The standard InChI is InChI=1S/C21H19Cl2FN4O3S/c22-13-1-4-18-17(9-13)25-21(32-18)26-20(30)12-5-7-28(8-6-12)27-19(29)11-31-14-2-3-15(23)16(24)10-14/h1-4,9-10,12H,5-8,11H2,(H,27,29)(H,25,26,30). The van der Waals surface area contributed by atoms with Gasteiger partial charge in [0.15, 0.2) is 11.7 Å². The number of halogens is 3. The Labute approximate surface area is 197 Å². The van der Waals surface area contributed by atoms with Crippen molar-refractivity contribution in [1.29, 1.82) is 0 Å². The quantitative estimate of drug-likeness (QED) is 0.524. The van der Waals surface area contributed by atoms with Crippen molar-refractivity contribution in [3.8, 4) is 5.75 Å². The Bertz CT molecular complexity index is 1150. The van der Waals surface area contributed by atoms with Gasteiger partial charge in [0.1, 0.15) is 11.6 Å². The Kier molecular flexibility index (Phi) is 7.10. The van der Waals surface area contributed by atoms with Crippen LogP contribution in [0.3, 0.4) is 0 Å². The van der Waals surface area contributed by atoms with Gasteiger partial charge in [-0.25, -0.2) is 14.4 Å². The van der Waals surface area contributed by atoms with Crippen molar-refractivity contribution in [2.75, 3.05) is 25.0 Å². The highest BCUT2D eigenvalue weighted by Gasteiger charge is 2.26. The number of hydrazine groups is 1. The molecule has 4 rings (SSSR count). The molecule has 0 atom stereocenters. The number of hydrogen-bond acceptors (Lipinski definition) is 6. The molecule has 1 saturated heterocycles. The van der Waals surface area contributed by atoms with Crippen molar-refractivity contribution in [3.05, 3.63) is 52.3 Å². The summed E-state index contributed by atoms with van der Waals surface area (Å²) < 4.78 is 19.7. The summed E-state index contributed by atoms with van der Waals surface area (Å²) in [6.45, 7) is 0.785. The van der Waals surface area contributed by atoms with Crippen molar-refractivity contribution in [3.63, 3.8) is 0 Å². The number of benzene rings is 2. The van der Waals surface area contributed by atoms with Crippen LogP contribution in [0.15, 0.2) is 36.4 Å². The third kappa shape index (κ3) is 5.66. The number of aromatic nitrogens is 1. The van der Waals surface area contributed by atoms with Crippen LogP contribution in [0.4, 0.5) is 9.52 Å². The summed E-state index contributed by atoms with van der Waals surface area (Å²) in [4.78, 5) is 29.1. The Balaban J connectivity index is 1.22. The molecule has 3 aromatic rings. The third-order valence-corrected chi connectivity index (χ3v) is 6.48. The van der Waals surface area contributed by atoms with Crippen LogP contribution in [0.5, 0.6) is 5.75 Å². The highest BCUT2D eigenvalue weighted by molar-refractivity contribution is 7.22. The average molecular weight is 497 g/mol. The van der Waals surface area contributed by atoms with Gasteiger partial charge in [0.2, 0.25) is 5.91 Å². The Hall–Kier alpha value is -2.46. The van der Waals surface area contributed by atoms with Gasteiger partial charge in [0, 0.05) is 30.1 Å². The molecule has 1 aliphatic rings. The van der Waals surface area contributed by atoms with Crippen molar-refractivity contribution < 1.29 is 18.7 Å². The number of ether oxygens (including phenoxy) is 1. The summed E-state index contributed by atoms with van der Waals surface area (Å²) in [5, 5.41) is 5.76. The molecule has 1 aliphatic heterocycles. The molecule has 2 aromatic carbocycles. The van der Waals surface area contributed by atoms with E-state index in [1.165, 1.54) is 23.5 Å². The number of amides is 2. The summed E-state index contributed by atoms with van der Waals surface area (Å²) in [5.74, 6) is -1.02. The normalized spacial score (nSPS) is 15.0. The van der Waals surface area contributed by atoms with Crippen molar-refractivity contribution in [1.82, 2.24) is 15.4 Å². The van der Waals surface area contributed by atoms with Gasteiger partial charge in [-0.2, -0.15) is 0 Å². The van der Waals surface area contributed by atoms with Crippen LogP contribution < -0.4 is 15.5 Å². The number of piperidine rings is 1. The highest BCUT2D eigenvalue weighted by Crippen LogP contribution is 2.29. The van der Waals surface area contributed by atoms with Crippen LogP contribution in [0.25, 0.3) is 10.2 Å². The Morgan fingerprint density at radius 1 is 1.19 bits per heavy atom. The molecular formula is C21H19Cl2FN4O3S. The van der Waals surface area contributed by atoms with Crippen LogP contribution in [0.1, 0.15) is 12.8 Å². The topological polar surface area (TPSA) is 83.6 Å². The van der Waals surface area contributed by atoms with E-state index in [0.717, 1.165) is 16.3 Å². The van der Waals surface area contributed by atoms with E-state index in [9.17, 15) is 14.0 Å². The predicted molar refractivity (Wildman–Crippen MR) is 123 cm³/mol. The number of carbonyl (C=O) groups excluding carboxylic acids is 2. The minimum absolute atomic E-state index is 0.0127. The predicted octanol–water partition coefficient (Wildman–Crippen LogP) is 4.50. The number of fused-ring (bicyclic) bond motifs is 1. The minimum Gasteiger partial charge on any atom is -0.484 e. The number of carbonyl (C=O) groups is 2. The summed E-state index contributed by atoms with van der Waals surface area (Å²) >= 11 is 13.0. The summed E-state index contributed by atoms with van der Waals surface area (Å²) in [6, 6.07) is 9.40. The average Bonchev–Trinajstić information content (AvgIpc) is 3.16. The fourth-order valence-corrected chi connectivity index (χ4v) is 4.47. The lowest BCUT2D eigenvalue weighted by atomic mass is 9.97. The fraction of sp³-hybridized carbons (Fsp3) is 0.286. The lowest BCUT2D eigenvalue weighted by Gasteiger charge is -2.31. The molecule has 0 spiro atoms. The maximum atomic E-state index is 13.4. The molecule has 2 amide bonds. The van der Waals surface area contributed by atoms with E-state index in [1.807, 2.05) is 6.07 Å². The van der Waals surface area contributed by atoms with Gasteiger partial charge in [0.25, 0.3) is 5.91 Å². The van der Waals surface area contributed by atoms with Crippen molar-refractivity contribution >= 4 is 61.7 Å². The SMILES string of the molecule is O=C(COc1ccc(Cl)c(F)c1)NN1CCC(C(=O)Nc2nc3cc(Cl)ccc3s2)CC1. The fourth-order valence-electron chi connectivity index (χ4n) is 3.34. The molecule has 11 heteroatoms. The maximum Gasteiger partial charge on any atom is 0.272 e. The molecule has 0 saturated carbocycles. The van der Waals surface area contributed by atoms with Gasteiger partial charge < -0.3 is 10.1 Å². The van der Waals surface area contributed by atoms with Gasteiger partial charge in [-0.1, -0.05) is 34.5 Å². The lowest BCUT2D eigenvalue weighted by molar-refractivity contribution is -0.129. The number of hydrogen-bond donors (Lipinski definition) is 2. The third-order valence-electron chi connectivity index (χ3n) is 4.99. The first-order valence-corrected chi connectivity index (χ1v) is 11.4. The van der Waals surface area contributed by atoms with Crippen LogP contribution in [-0.2, 0) is 9.59 Å². The van der Waals surface area contributed by atoms with Crippen molar-refractivity contribution in [2.24, 2.45) is 5.92 Å². The number of thiazole rings is 1. The van der Waals surface area contributed by atoms with E-state index in [1.54, 1.807) is 17.1 Å². The zero-order chi connectivity index (χ0) is 22.7. The lowest BCUT2D eigenvalue weighted by Crippen LogP contribution is -2.49. The van der Waals surface area contributed by atoms with Crippen LogP contribution in [0.2, 0.25) is 10.0 Å². The molecule has 1 fully saturated rings. The molecule has 168 valence electrons. The number of rotatable bonds is 6. The summed E-state index contributed by atoms with van der Waals surface area (Å²) in [5.41, 5.74) is 3.49. The number of anilines is 1. The zero-order valence-electron chi connectivity index (χ0n) is 16.7. The first-order valence-electron chi connectivity index (χ1n) is 9.86. The summed E-state index contributed by atoms with van der Waals surface area (Å²) in [6.07, 6.45) is 1.18. The second-order valence-corrected chi connectivity index (χ2v) is 9.16. The molecule has 2 N–H and O–H groups in total. The van der Waals surface area contributed by atoms with Crippen LogP contribution in [0, 0.1) is 11.7 Å². The van der Waals surface area contributed by atoms with Crippen LogP contribution >= 0.6 is 34.5 Å². The van der Waals surface area contributed by atoms with E-state index in [2.05, 4.69) is 15.7 Å². The van der Waals surface area contributed by atoms with Gasteiger partial charge in [0.05, 0.1) is 15.2 Å². The van der Waals surface area contributed by atoms with E-state index in [0.29, 0.717) is 36.1 Å². The second-order valence-electron chi connectivity index (χ2n) is 7.28. The van der Waals surface area contributed by atoms with E-state index in [4.69, 9.17) is 27.9 Å². The summed E-state index contributed by atoms with van der Waals surface area (Å²) in [7, 11) is 0. The molecule has 7 nitrogen and oxygen atoms in total. The molecule has 0 bridgehead atoms. The maximum absolute atomic E-state index is 13.4. The zero-order valence-corrected chi connectivity index (χ0v) is 19.1. The first-order chi connectivity index (χ1) is 15.4. The molecule has 0 radical (unpaired) electrons. The second kappa shape index (κ2) is 9.99. The van der Waals surface area contributed by atoms with Crippen LogP contribution in [-0.4, -0.2) is 41.5 Å². The van der Waals surface area contributed by atoms with Gasteiger partial charge >= 0.3 is 0 Å². The van der Waals surface area contributed by atoms with Crippen molar-refractivity contribution in [2.45, 2.75) is 12.8 Å². The molecule has 32 heavy (non-hydrogen) atoms. The molecular weight excluding hydrogens is 478 g/mol. The number of nitrogens with zero attached hydrogens (tertiary/aromatic N) is 2. The highest BCUT2D eigenvalue weighted by atomic mass is 35.5. The van der Waals surface area contributed by atoms with Gasteiger partial charge in [-0.3, -0.25) is 15.0 Å². The van der Waals surface area contributed by atoms with Gasteiger partial charge in [-0.05, 0) is 43.2 Å². The van der Waals surface area contributed by atoms with E-state index >= 15 is 0 Å².